The third-order valence-electron chi connectivity index (χ3n) is 3.18. The summed E-state index contributed by atoms with van der Waals surface area (Å²) < 4.78 is 5.18. The average molecular weight is 373 g/mol. The molecule has 0 fully saturated rings. The van der Waals surface area contributed by atoms with E-state index >= 15 is 0 Å². The quantitative estimate of drug-likeness (QED) is 0.443. The second-order valence-corrected chi connectivity index (χ2v) is 5.86. The van der Waals surface area contributed by atoms with Crippen molar-refractivity contribution in [3.05, 3.63) is 64.7 Å². The Hall–Kier alpha value is -2.62. The van der Waals surface area contributed by atoms with E-state index in [-0.39, 0.29) is 6.61 Å². The van der Waals surface area contributed by atoms with Crippen LogP contribution in [-0.2, 0) is 6.42 Å². The summed E-state index contributed by atoms with van der Waals surface area (Å²) in [5, 5.41) is 16.8. The Kier molecular flexibility index (Phi) is 7.70. The van der Waals surface area contributed by atoms with Gasteiger partial charge in [-0.25, -0.2) is 0 Å². The van der Waals surface area contributed by atoms with E-state index in [2.05, 4.69) is 15.8 Å². The van der Waals surface area contributed by atoms with Gasteiger partial charge in [0.05, 0.1) is 6.21 Å². The molecule has 0 unspecified atom stereocenters. The van der Waals surface area contributed by atoms with Crippen LogP contribution in [0.4, 0.5) is 0 Å². The second-order valence-electron chi connectivity index (χ2n) is 5.02. The van der Waals surface area contributed by atoms with E-state index in [0.717, 1.165) is 17.0 Å². The van der Waals surface area contributed by atoms with E-state index in [9.17, 15) is 0 Å². The number of nitriles is 1. The maximum Gasteiger partial charge on any atom is 0.186 e. The molecule has 25 heavy (non-hydrogen) atoms. The molecule has 5 nitrogen and oxygen atoms in total. The Morgan fingerprint density at radius 2 is 1.92 bits per heavy atom. The Bertz CT molecular complexity index is 754. The van der Waals surface area contributed by atoms with Crippen LogP contribution < -0.4 is 15.5 Å². The number of hydrogen-bond donors (Lipinski definition) is 2. The topological polar surface area (TPSA) is 69.4 Å². The van der Waals surface area contributed by atoms with Gasteiger partial charge >= 0.3 is 0 Å². The molecule has 7 heteroatoms. The molecule has 2 rings (SSSR count). The highest BCUT2D eigenvalue weighted by atomic mass is 35.5. The number of hydrogen-bond acceptors (Lipinski definition) is 4. The van der Waals surface area contributed by atoms with Crippen LogP contribution in [0, 0.1) is 11.3 Å². The van der Waals surface area contributed by atoms with Crippen LogP contribution in [0.5, 0.6) is 5.75 Å². The minimum atomic E-state index is 0.0327. The van der Waals surface area contributed by atoms with Crippen LogP contribution in [0.25, 0.3) is 0 Å². The molecule has 0 aliphatic carbocycles. The van der Waals surface area contributed by atoms with Gasteiger partial charge in [-0.2, -0.15) is 10.4 Å². The summed E-state index contributed by atoms with van der Waals surface area (Å²) in [5.41, 5.74) is 4.84. The van der Waals surface area contributed by atoms with Crippen LogP contribution in [0.15, 0.2) is 53.6 Å². The van der Waals surface area contributed by atoms with Crippen LogP contribution >= 0.6 is 23.8 Å². The van der Waals surface area contributed by atoms with E-state index in [4.69, 9.17) is 33.8 Å². The normalized spacial score (nSPS) is 10.2. The van der Waals surface area contributed by atoms with Gasteiger partial charge in [0.15, 0.2) is 11.7 Å². The minimum absolute atomic E-state index is 0.0327. The first-order valence-electron chi connectivity index (χ1n) is 7.58. The maximum absolute atomic E-state index is 8.46. The van der Waals surface area contributed by atoms with Crippen molar-refractivity contribution in [2.75, 3.05) is 13.2 Å². The van der Waals surface area contributed by atoms with Gasteiger partial charge < -0.3 is 10.1 Å². The lowest BCUT2D eigenvalue weighted by molar-refractivity contribution is 0.368. The molecule has 0 heterocycles. The van der Waals surface area contributed by atoms with Crippen LogP contribution in [-0.4, -0.2) is 24.5 Å². The molecule has 2 aromatic rings. The van der Waals surface area contributed by atoms with Gasteiger partial charge in [-0.05, 0) is 66.2 Å². The Labute approximate surface area is 157 Å². The molecule has 0 radical (unpaired) electrons. The van der Waals surface area contributed by atoms with E-state index in [1.807, 2.05) is 42.5 Å². The number of benzene rings is 2. The number of thiocarbonyl (C=S) groups is 1. The maximum atomic E-state index is 8.46. The Morgan fingerprint density at radius 3 is 2.60 bits per heavy atom. The van der Waals surface area contributed by atoms with Gasteiger partial charge in [0, 0.05) is 11.6 Å². The van der Waals surface area contributed by atoms with Crippen LogP contribution in [0.3, 0.4) is 0 Å². The fraction of sp³-hybridized carbons (Fsp3) is 0.167. The van der Waals surface area contributed by atoms with Gasteiger partial charge in [0.2, 0.25) is 0 Å². The van der Waals surface area contributed by atoms with Crippen molar-refractivity contribution in [1.29, 1.82) is 5.26 Å². The third-order valence-corrected chi connectivity index (χ3v) is 3.66. The summed E-state index contributed by atoms with van der Waals surface area (Å²) in [6.45, 7) is 0.735. The number of halogens is 1. The minimum Gasteiger partial charge on any atom is -0.479 e. The Balaban J connectivity index is 1.69. The van der Waals surface area contributed by atoms with Gasteiger partial charge in [-0.15, -0.1) is 0 Å². The van der Waals surface area contributed by atoms with Crippen molar-refractivity contribution in [2.45, 2.75) is 6.42 Å². The molecular formula is C18H17ClN4OS. The zero-order valence-corrected chi connectivity index (χ0v) is 15.0. The predicted molar refractivity (Wildman–Crippen MR) is 104 cm³/mol. The zero-order valence-electron chi connectivity index (χ0n) is 13.4. The molecule has 0 saturated heterocycles. The number of ether oxygens (including phenoxy) is 1. The largest absolute Gasteiger partial charge is 0.479 e. The zero-order chi connectivity index (χ0) is 17.9. The molecule has 2 aromatic carbocycles. The number of nitrogens with zero attached hydrogens (tertiary/aromatic N) is 2. The summed E-state index contributed by atoms with van der Waals surface area (Å²) in [6.07, 6.45) is 2.49. The van der Waals surface area contributed by atoms with Crippen LogP contribution in [0.2, 0.25) is 5.02 Å². The lowest BCUT2D eigenvalue weighted by Crippen LogP contribution is -2.33. The first kappa shape index (κ1) is 18.7. The van der Waals surface area contributed by atoms with E-state index in [1.54, 1.807) is 18.3 Å². The molecule has 0 saturated carbocycles. The molecule has 0 aliphatic heterocycles. The highest BCUT2D eigenvalue weighted by Gasteiger charge is 1.96. The van der Waals surface area contributed by atoms with Crippen molar-refractivity contribution < 1.29 is 4.74 Å². The molecule has 0 aromatic heterocycles. The van der Waals surface area contributed by atoms with Gasteiger partial charge in [0.1, 0.15) is 11.8 Å². The molecule has 128 valence electrons. The fourth-order valence-electron chi connectivity index (χ4n) is 1.94. The van der Waals surface area contributed by atoms with Crippen molar-refractivity contribution in [3.8, 4) is 11.8 Å². The highest BCUT2D eigenvalue weighted by molar-refractivity contribution is 7.80. The highest BCUT2D eigenvalue weighted by Crippen LogP contribution is 2.11. The van der Waals surface area contributed by atoms with Crippen molar-refractivity contribution in [1.82, 2.24) is 10.7 Å². The van der Waals surface area contributed by atoms with Crippen LogP contribution in [0.1, 0.15) is 11.1 Å². The summed E-state index contributed by atoms with van der Waals surface area (Å²) in [5.74, 6) is 0.644. The van der Waals surface area contributed by atoms with E-state index < -0.39 is 0 Å². The van der Waals surface area contributed by atoms with Crippen molar-refractivity contribution in [2.24, 2.45) is 5.10 Å². The van der Waals surface area contributed by atoms with E-state index in [0.29, 0.717) is 17.4 Å². The van der Waals surface area contributed by atoms with E-state index in [1.165, 1.54) is 5.56 Å². The molecule has 0 amide bonds. The van der Waals surface area contributed by atoms with Gasteiger partial charge in [-0.3, -0.25) is 5.43 Å². The van der Waals surface area contributed by atoms with Crippen molar-refractivity contribution >= 4 is 35.1 Å². The molecule has 0 atom stereocenters. The van der Waals surface area contributed by atoms with Crippen molar-refractivity contribution in [3.63, 3.8) is 0 Å². The molecular weight excluding hydrogens is 356 g/mol. The third kappa shape index (κ3) is 7.21. The smallest absolute Gasteiger partial charge is 0.186 e. The number of nitrogens with one attached hydrogen (secondary N) is 2. The molecule has 0 aliphatic rings. The lowest BCUT2D eigenvalue weighted by Gasteiger charge is -2.07. The first-order chi connectivity index (χ1) is 12.2. The first-order valence-corrected chi connectivity index (χ1v) is 8.37. The summed E-state index contributed by atoms with van der Waals surface area (Å²) in [4.78, 5) is 0. The summed E-state index contributed by atoms with van der Waals surface area (Å²) in [7, 11) is 0. The SMILES string of the molecule is N#CCOc1ccc(/C=N\NC(=S)NCCc2ccc(Cl)cc2)cc1. The number of rotatable bonds is 7. The summed E-state index contributed by atoms with van der Waals surface area (Å²) >= 11 is 11.0. The summed E-state index contributed by atoms with van der Waals surface area (Å²) in [6, 6.07) is 16.9. The predicted octanol–water partition coefficient (Wildman–Crippen LogP) is 3.28. The second kappa shape index (κ2) is 10.3. The Morgan fingerprint density at radius 1 is 1.20 bits per heavy atom. The standard InChI is InChI=1S/C18H17ClN4OS/c19-16-5-1-14(2-6-16)9-11-21-18(25)23-22-13-15-3-7-17(8-4-15)24-12-10-20/h1-8,13H,9,11-12H2,(H2,21,23,25)/b22-13-. The molecule has 0 bridgehead atoms. The lowest BCUT2D eigenvalue weighted by atomic mass is 10.1. The monoisotopic (exact) mass is 372 g/mol. The molecule has 2 N–H and O–H groups in total. The fourth-order valence-corrected chi connectivity index (χ4v) is 2.22. The van der Waals surface area contributed by atoms with Gasteiger partial charge in [0.25, 0.3) is 0 Å². The van der Waals surface area contributed by atoms with Gasteiger partial charge in [-0.1, -0.05) is 23.7 Å². The average Bonchev–Trinajstić information content (AvgIpc) is 2.63. The number of hydrazone groups is 1. The molecule has 0 spiro atoms.